The second-order valence-electron chi connectivity index (χ2n) is 5.52. The van der Waals surface area contributed by atoms with Crippen LogP contribution in [-0.4, -0.2) is 28.6 Å². The van der Waals surface area contributed by atoms with Crippen molar-refractivity contribution in [1.82, 2.24) is 9.97 Å². The van der Waals surface area contributed by atoms with Crippen molar-refractivity contribution in [3.63, 3.8) is 0 Å². The van der Waals surface area contributed by atoms with Crippen molar-refractivity contribution in [2.75, 3.05) is 11.9 Å². The lowest BCUT2D eigenvalue weighted by Gasteiger charge is -2.14. The molecule has 21 heavy (non-hydrogen) atoms. The maximum absolute atomic E-state index is 12.1. The maximum Gasteiger partial charge on any atom is 0.253 e. The predicted octanol–water partition coefficient (Wildman–Crippen LogP) is 3.62. The molecule has 1 unspecified atom stereocenters. The van der Waals surface area contributed by atoms with E-state index in [-0.39, 0.29) is 5.91 Å². The van der Waals surface area contributed by atoms with Gasteiger partial charge in [0.15, 0.2) is 4.77 Å². The van der Waals surface area contributed by atoms with Gasteiger partial charge in [-0.2, -0.15) is 0 Å². The van der Waals surface area contributed by atoms with Crippen LogP contribution in [0.25, 0.3) is 11.0 Å². The van der Waals surface area contributed by atoms with E-state index in [4.69, 9.17) is 17.0 Å². The lowest BCUT2D eigenvalue weighted by molar-refractivity contribution is -0.126. The molecule has 114 valence electrons. The molecule has 1 aromatic carbocycles. The Labute approximate surface area is 129 Å². The summed E-state index contributed by atoms with van der Waals surface area (Å²) in [5, 5.41) is 2.85. The summed E-state index contributed by atoms with van der Waals surface area (Å²) in [4.78, 5) is 18.1. The fourth-order valence-corrected chi connectivity index (χ4v) is 2.13. The third kappa shape index (κ3) is 4.41. The number of imidazole rings is 1. The van der Waals surface area contributed by atoms with Gasteiger partial charge in [0.1, 0.15) is 6.10 Å². The monoisotopic (exact) mass is 307 g/mol. The number of aromatic amines is 2. The van der Waals surface area contributed by atoms with E-state index in [9.17, 15) is 4.79 Å². The molecule has 1 heterocycles. The summed E-state index contributed by atoms with van der Waals surface area (Å²) in [6.07, 6.45) is 0.480. The Balaban J connectivity index is 1.95. The molecule has 0 radical (unpaired) electrons. The first-order chi connectivity index (χ1) is 9.95. The summed E-state index contributed by atoms with van der Waals surface area (Å²) < 4.78 is 6.10. The first kappa shape index (κ1) is 15.7. The molecule has 0 bridgehead atoms. The molecule has 3 N–H and O–H groups in total. The molecular formula is C15H21N3O2S. The first-order valence-electron chi connectivity index (χ1n) is 7.10. The van der Waals surface area contributed by atoms with E-state index < -0.39 is 6.10 Å². The fourth-order valence-electron chi connectivity index (χ4n) is 1.91. The van der Waals surface area contributed by atoms with Crippen molar-refractivity contribution in [3.8, 4) is 0 Å². The van der Waals surface area contributed by atoms with Crippen molar-refractivity contribution in [2.24, 2.45) is 5.92 Å². The molecule has 0 aliphatic heterocycles. The number of hydrogen-bond donors (Lipinski definition) is 3. The Kier molecular flexibility index (Phi) is 5.14. The van der Waals surface area contributed by atoms with Gasteiger partial charge in [0.05, 0.1) is 11.0 Å². The van der Waals surface area contributed by atoms with E-state index in [1.807, 2.05) is 18.2 Å². The van der Waals surface area contributed by atoms with Gasteiger partial charge < -0.3 is 20.0 Å². The highest BCUT2D eigenvalue weighted by molar-refractivity contribution is 7.71. The number of aromatic nitrogens is 2. The molecule has 2 rings (SSSR count). The van der Waals surface area contributed by atoms with Crippen LogP contribution in [0, 0.1) is 10.7 Å². The Morgan fingerprint density at radius 3 is 2.71 bits per heavy atom. The fraction of sp³-hybridized carbons (Fsp3) is 0.467. The SMILES string of the molecule is CC(C)CCOC(C)C(=O)Nc1ccc2[nH]c(=S)[nH]c2c1. The molecule has 0 saturated heterocycles. The van der Waals surface area contributed by atoms with Crippen LogP contribution in [-0.2, 0) is 9.53 Å². The summed E-state index contributed by atoms with van der Waals surface area (Å²) in [6.45, 7) is 6.61. The summed E-state index contributed by atoms with van der Waals surface area (Å²) in [5.41, 5.74) is 2.50. The molecule has 0 fully saturated rings. The Morgan fingerprint density at radius 2 is 2.00 bits per heavy atom. The van der Waals surface area contributed by atoms with Gasteiger partial charge in [-0.05, 0) is 49.7 Å². The van der Waals surface area contributed by atoms with E-state index in [1.165, 1.54) is 0 Å². The Morgan fingerprint density at radius 1 is 1.29 bits per heavy atom. The smallest absolute Gasteiger partial charge is 0.253 e. The largest absolute Gasteiger partial charge is 0.369 e. The van der Waals surface area contributed by atoms with Gasteiger partial charge in [0.2, 0.25) is 0 Å². The summed E-state index contributed by atoms with van der Waals surface area (Å²) in [6, 6.07) is 5.56. The van der Waals surface area contributed by atoms with E-state index in [0.29, 0.717) is 17.3 Å². The first-order valence-corrected chi connectivity index (χ1v) is 7.51. The number of nitrogens with one attached hydrogen (secondary N) is 3. The van der Waals surface area contributed by atoms with Crippen LogP contribution in [0.2, 0.25) is 0 Å². The minimum atomic E-state index is -0.468. The van der Waals surface area contributed by atoms with Crippen molar-refractivity contribution in [2.45, 2.75) is 33.3 Å². The number of benzene rings is 1. The minimum Gasteiger partial charge on any atom is -0.369 e. The minimum absolute atomic E-state index is 0.146. The molecule has 1 amide bonds. The zero-order chi connectivity index (χ0) is 15.4. The predicted molar refractivity (Wildman–Crippen MR) is 87.0 cm³/mol. The third-order valence-corrected chi connectivity index (χ3v) is 3.42. The van der Waals surface area contributed by atoms with Gasteiger partial charge in [0.25, 0.3) is 5.91 Å². The van der Waals surface area contributed by atoms with Gasteiger partial charge >= 0.3 is 0 Å². The van der Waals surface area contributed by atoms with E-state index in [1.54, 1.807) is 6.92 Å². The number of ether oxygens (including phenoxy) is 1. The van der Waals surface area contributed by atoms with Crippen LogP contribution < -0.4 is 5.32 Å². The lowest BCUT2D eigenvalue weighted by atomic mass is 10.1. The molecule has 0 saturated carbocycles. The molecule has 5 nitrogen and oxygen atoms in total. The van der Waals surface area contributed by atoms with Crippen LogP contribution in [0.15, 0.2) is 18.2 Å². The van der Waals surface area contributed by atoms with Crippen molar-refractivity contribution in [3.05, 3.63) is 23.0 Å². The highest BCUT2D eigenvalue weighted by atomic mass is 32.1. The summed E-state index contributed by atoms with van der Waals surface area (Å²) >= 11 is 5.04. The van der Waals surface area contributed by atoms with Crippen LogP contribution in [0.4, 0.5) is 5.69 Å². The van der Waals surface area contributed by atoms with Gasteiger partial charge in [-0.25, -0.2) is 0 Å². The number of carbonyl (C=O) groups is 1. The average Bonchev–Trinajstić information content (AvgIpc) is 2.77. The number of rotatable bonds is 6. The third-order valence-electron chi connectivity index (χ3n) is 3.22. The van der Waals surface area contributed by atoms with Crippen molar-refractivity contribution in [1.29, 1.82) is 0 Å². The maximum atomic E-state index is 12.1. The van der Waals surface area contributed by atoms with Gasteiger partial charge in [0, 0.05) is 12.3 Å². The zero-order valence-electron chi connectivity index (χ0n) is 12.5. The number of amides is 1. The second kappa shape index (κ2) is 6.87. The van der Waals surface area contributed by atoms with E-state index in [0.717, 1.165) is 23.1 Å². The summed E-state index contributed by atoms with van der Waals surface area (Å²) in [5.74, 6) is 0.423. The zero-order valence-corrected chi connectivity index (χ0v) is 13.3. The van der Waals surface area contributed by atoms with Crippen molar-refractivity contribution >= 4 is 34.8 Å². The number of hydrogen-bond acceptors (Lipinski definition) is 3. The van der Waals surface area contributed by atoms with Crippen LogP contribution >= 0.6 is 12.2 Å². The Hall–Kier alpha value is -1.66. The lowest BCUT2D eigenvalue weighted by Crippen LogP contribution is -2.28. The van der Waals surface area contributed by atoms with Gasteiger partial charge in [-0.1, -0.05) is 13.8 Å². The summed E-state index contributed by atoms with van der Waals surface area (Å²) in [7, 11) is 0. The van der Waals surface area contributed by atoms with E-state index in [2.05, 4.69) is 29.1 Å². The molecule has 0 spiro atoms. The number of fused-ring (bicyclic) bond motifs is 1. The quantitative estimate of drug-likeness (QED) is 0.714. The highest BCUT2D eigenvalue weighted by Gasteiger charge is 2.14. The topological polar surface area (TPSA) is 69.9 Å². The number of carbonyl (C=O) groups excluding carboxylic acids is 1. The van der Waals surface area contributed by atoms with Crippen LogP contribution in [0.1, 0.15) is 27.2 Å². The van der Waals surface area contributed by atoms with Crippen LogP contribution in [0.3, 0.4) is 0 Å². The van der Waals surface area contributed by atoms with E-state index >= 15 is 0 Å². The molecule has 2 aromatic rings. The molecule has 0 aliphatic carbocycles. The molecular weight excluding hydrogens is 286 g/mol. The molecule has 1 aromatic heterocycles. The number of H-pyrrole nitrogens is 2. The average molecular weight is 307 g/mol. The Bertz CT molecular complexity index is 675. The molecule has 6 heteroatoms. The second-order valence-corrected chi connectivity index (χ2v) is 5.93. The van der Waals surface area contributed by atoms with Gasteiger partial charge in [-0.3, -0.25) is 4.79 Å². The van der Waals surface area contributed by atoms with Crippen LogP contribution in [0.5, 0.6) is 0 Å². The highest BCUT2D eigenvalue weighted by Crippen LogP contribution is 2.16. The van der Waals surface area contributed by atoms with Gasteiger partial charge in [-0.15, -0.1) is 0 Å². The normalized spacial score (nSPS) is 12.8. The molecule has 1 atom stereocenters. The van der Waals surface area contributed by atoms with Crippen molar-refractivity contribution < 1.29 is 9.53 Å². The molecule has 0 aliphatic rings. The standard InChI is InChI=1S/C15H21N3O2S/c1-9(2)6-7-20-10(3)14(19)16-11-4-5-12-13(8-11)18-15(21)17-12/h4-5,8-10H,6-7H2,1-3H3,(H,16,19)(H2,17,18,21). The number of anilines is 1.